The number of ether oxygens (including phenoxy) is 2. The highest BCUT2D eigenvalue weighted by molar-refractivity contribution is 9.11. The molecule has 0 unspecified atom stereocenters. The first-order valence-corrected chi connectivity index (χ1v) is 9.81. The number of aliphatic carboxylic acids is 1. The van der Waals surface area contributed by atoms with Gasteiger partial charge in [-0.2, -0.15) is 0 Å². The first-order chi connectivity index (χ1) is 12.3. The summed E-state index contributed by atoms with van der Waals surface area (Å²) >= 11 is 7.52. The van der Waals surface area contributed by atoms with Crippen LogP contribution in [0.3, 0.4) is 0 Å². The van der Waals surface area contributed by atoms with Crippen LogP contribution < -0.4 is 4.74 Å². The van der Waals surface area contributed by atoms with Crippen LogP contribution in [0.1, 0.15) is 12.0 Å². The number of methoxy groups -OCH3 is 1. The van der Waals surface area contributed by atoms with Gasteiger partial charge in [0.05, 0.1) is 13.9 Å². The Labute approximate surface area is 171 Å². The highest BCUT2D eigenvalue weighted by Crippen LogP contribution is 2.37. The summed E-state index contributed by atoms with van der Waals surface area (Å²) in [6.45, 7) is 0.306. The van der Waals surface area contributed by atoms with Gasteiger partial charge >= 0.3 is 5.97 Å². The van der Waals surface area contributed by atoms with E-state index in [1.807, 2.05) is 0 Å². The van der Waals surface area contributed by atoms with Gasteiger partial charge in [0.2, 0.25) is 0 Å². The molecule has 1 aliphatic rings. The van der Waals surface area contributed by atoms with Gasteiger partial charge in [-0.25, -0.2) is 4.79 Å². The van der Waals surface area contributed by atoms with Gasteiger partial charge in [-0.1, -0.05) is 0 Å². The van der Waals surface area contributed by atoms with E-state index in [9.17, 15) is 14.4 Å². The summed E-state index contributed by atoms with van der Waals surface area (Å²) in [7, 11) is 1.56. The maximum absolute atomic E-state index is 12.4. The van der Waals surface area contributed by atoms with Crippen molar-refractivity contribution in [3.8, 4) is 5.75 Å². The minimum atomic E-state index is -1.09. The second-order valence-electron chi connectivity index (χ2n) is 5.18. The van der Waals surface area contributed by atoms with Crippen LogP contribution in [0.2, 0.25) is 0 Å². The van der Waals surface area contributed by atoms with Crippen molar-refractivity contribution < 1.29 is 29.0 Å². The van der Waals surface area contributed by atoms with Crippen molar-refractivity contribution in [3.63, 3.8) is 0 Å². The fraction of sp³-hybridized carbons (Fsp3) is 0.312. The zero-order chi connectivity index (χ0) is 19.3. The predicted octanol–water partition coefficient (Wildman–Crippen LogP) is 3.75. The normalized spacial score (nSPS) is 15.8. The summed E-state index contributed by atoms with van der Waals surface area (Å²) in [5, 5.41) is 8.40. The Morgan fingerprint density at radius 3 is 2.54 bits per heavy atom. The molecule has 1 heterocycles. The van der Waals surface area contributed by atoms with E-state index in [2.05, 4.69) is 31.9 Å². The van der Waals surface area contributed by atoms with E-state index in [-0.39, 0.29) is 11.1 Å². The van der Waals surface area contributed by atoms with Crippen molar-refractivity contribution in [2.24, 2.45) is 0 Å². The number of hydrogen-bond donors (Lipinski definition) is 1. The standard InChI is InChI=1S/C16H15Br2NO6S/c1-24-4-2-3-19-15(22)12(26-16(19)23)7-9-5-10(17)14(11(18)6-9)25-8-13(20)21/h5-7H,2-4,8H2,1H3,(H,20,21)/b12-7+. The molecule has 10 heteroatoms. The molecule has 0 aliphatic carbocycles. The van der Waals surface area contributed by atoms with Crippen LogP contribution in [-0.2, 0) is 14.3 Å². The third-order valence-electron chi connectivity index (χ3n) is 3.26. The molecule has 26 heavy (non-hydrogen) atoms. The largest absolute Gasteiger partial charge is 0.480 e. The summed E-state index contributed by atoms with van der Waals surface area (Å²) in [4.78, 5) is 36.6. The van der Waals surface area contributed by atoms with E-state index >= 15 is 0 Å². The van der Waals surface area contributed by atoms with Gasteiger partial charge in [0.25, 0.3) is 11.1 Å². The van der Waals surface area contributed by atoms with E-state index in [4.69, 9.17) is 14.6 Å². The molecule has 1 saturated heterocycles. The monoisotopic (exact) mass is 507 g/mol. The lowest BCUT2D eigenvalue weighted by molar-refractivity contribution is -0.139. The Hall–Kier alpha value is -1.36. The number of nitrogens with zero attached hydrogens (tertiary/aromatic N) is 1. The second-order valence-corrected chi connectivity index (χ2v) is 7.88. The third kappa shape index (κ3) is 5.32. The Balaban J connectivity index is 2.18. The molecule has 0 atom stereocenters. The molecule has 0 saturated carbocycles. The Bertz CT molecular complexity index is 744. The Morgan fingerprint density at radius 2 is 1.96 bits per heavy atom. The topological polar surface area (TPSA) is 93.1 Å². The summed E-state index contributed by atoms with van der Waals surface area (Å²) in [6, 6.07) is 3.36. The van der Waals surface area contributed by atoms with Crippen LogP contribution in [-0.4, -0.2) is 54.0 Å². The molecule has 1 aromatic carbocycles. The van der Waals surface area contributed by atoms with Crippen LogP contribution >= 0.6 is 43.6 Å². The Kier molecular flexibility index (Phi) is 7.69. The minimum absolute atomic E-state index is 0.308. The quantitative estimate of drug-likeness (QED) is 0.422. The minimum Gasteiger partial charge on any atom is -0.480 e. The van der Waals surface area contributed by atoms with Gasteiger partial charge in [-0.05, 0) is 73.8 Å². The fourth-order valence-electron chi connectivity index (χ4n) is 2.15. The molecule has 140 valence electrons. The molecule has 0 spiro atoms. The molecule has 2 amide bonds. The average Bonchev–Trinajstić information content (AvgIpc) is 2.81. The predicted molar refractivity (Wildman–Crippen MR) is 104 cm³/mol. The second kappa shape index (κ2) is 9.54. The summed E-state index contributed by atoms with van der Waals surface area (Å²) in [5.41, 5.74) is 0.661. The lowest BCUT2D eigenvalue weighted by Crippen LogP contribution is -2.29. The molecule has 2 rings (SSSR count). The molecule has 0 bridgehead atoms. The Morgan fingerprint density at radius 1 is 1.31 bits per heavy atom. The van der Waals surface area contributed by atoms with Gasteiger partial charge in [-0.15, -0.1) is 0 Å². The first-order valence-electron chi connectivity index (χ1n) is 7.41. The zero-order valence-electron chi connectivity index (χ0n) is 13.7. The van der Waals surface area contributed by atoms with Gasteiger partial charge in [0.15, 0.2) is 6.61 Å². The number of carbonyl (C=O) groups excluding carboxylic acids is 2. The smallest absolute Gasteiger partial charge is 0.341 e. The molecular weight excluding hydrogens is 494 g/mol. The molecule has 0 radical (unpaired) electrons. The van der Waals surface area contributed by atoms with Gasteiger partial charge in [0, 0.05) is 20.3 Å². The highest BCUT2D eigenvalue weighted by atomic mass is 79.9. The van der Waals surface area contributed by atoms with Crippen molar-refractivity contribution in [2.75, 3.05) is 26.9 Å². The first kappa shape index (κ1) is 20.9. The van der Waals surface area contributed by atoms with Crippen molar-refractivity contribution in [2.45, 2.75) is 6.42 Å². The van der Waals surface area contributed by atoms with E-state index < -0.39 is 12.6 Å². The number of halogens is 2. The van der Waals surface area contributed by atoms with Gasteiger partial charge in [0.1, 0.15) is 5.75 Å². The molecule has 1 fully saturated rings. The lowest BCUT2D eigenvalue weighted by atomic mass is 10.2. The van der Waals surface area contributed by atoms with Gasteiger partial charge in [-0.3, -0.25) is 14.5 Å². The molecule has 1 aliphatic heterocycles. The highest BCUT2D eigenvalue weighted by Gasteiger charge is 2.34. The maximum atomic E-state index is 12.4. The van der Waals surface area contributed by atoms with Crippen LogP contribution in [0.15, 0.2) is 26.0 Å². The third-order valence-corrected chi connectivity index (χ3v) is 5.35. The van der Waals surface area contributed by atoms with Crippen molar-refractivity contribution in [1.29, 1.82) is 0 Å². The summed E-state index contributed by atoms with van der Waals surface area (Å²) in [6.07, 6.45) is 2.19. The van der Waals surface area contributed by atoms with Crippen molar-refractivity contribution in [1.82, 2.24) is 4.90 Å². The van der Waals surface area contributed by atoms with Crippen LogP contribution in [0.5, 0.6) is 5.75 Å². The number of thioether (sulfide) groups is 1. The number of hydrogen-bond acceptors (Lipinski definition) is 6. The fourth-order valence-corrected chi connectivity index (χ4v) is 4.46. The van der Waals surface area contributed by atoms with Crippen LogP contribution in [0.4, 0.5) is 4.79 Å². The van der Waals surface area contributed by atoms with E-state index in [0.29, 0.717) is 44.7 Å². The molecule has 7 nitrogen and oxygen atoms in total. The zero-order valence-corrected chi connectivity index (χ0v) is 17.6. The number of benzene rings is 1. The molecule has 1 aromatic rings. The van der Waals surface area contributed by atoms with E-state index in [1.165, 1.54) is 4.90 Å². The van der Waals surface area contributed by atoms with Crippen molar-refractivity contribution >= 4 is 66.8 Å². The number of rotatable bonds is 8. The molecule has 1 N–H and O–H groups in total. The lowest BCUT2D eigenvalue weighted by Gasteiger charge is -2.11. The van der Waals surface area contributed by atoms with Gasteiger partial charge < -0.3 is 14.6 Å². The SMILES string of the molecule is COCCCN1C(=O)S/C(=C/c2cc(Br)c(OCC(=O)O)c(Br)c2)C1=O. The van der Waals surface area contributed by atoms with Crippen LogP contribution in [0.25, 0.3) is 6.08 Å². The number of carboxylic acid groups (broad SMARTS) is 1. The number of imide groups is 1. The number of carboxylic acids is 1. The van der Waals surface area contributed by atoms with Crippen LogP contribution in [0, 0.1) is 0 Å². The molecular formula is C16H15Br2NO6S. The number of amides is 2. The maximum Gasteiger partial charge on any atom is 0.341 e. The van der Waals surface area contributed by atoms with E-state index in [0.717, 1.165) is 11.8 Å². The average molecular weight is 509 g/mol. The molecule has 0 aromatic heterocycles. The summed E-state index contributed by atoms with van der Waals surface area (Å²) < 4.78 is 11.2. The van der Waals surface area contributed by atoms with E-state index in [1.54, 1.807) is 25.3 Å². The van der Waals surface area contributed by atoms with Crippen molar-refractivity contribution in [3.05, 3.63) is 31.5 Å². The number of carbonyl (C=O) groups is 3. The summed E-state index contributed by atoms with van der Waals surface area (Å²) in [5.74, 6) is -1.08.